The van der Waals surface area contributed by atoms with Crippen molar-refractivity contribution in [3.05, 3.63) is 22.7 Å². The Morgan fingerprint density at radius 1 is 1.62 bits per heavy atom. The summed E-state index contributed by atoms with van der Waals surface area (Å²) in [5, 5.41) is 9.09. The van der Waals surface area contributed by atoms with Crippen LogP contribution in [0.4, 0.5) is 5.69 Å². The highest BCUT2D eigenvalue weighted by Crippen LogP contribution is 2.28. The van der Waals surface area contributed by atoms with Crippen LogP contribution in [-0.4, -0.2) is 17.0 Å². The Morgan fingerprint density at radius 2 is 2.31 bits per heavy atom. The van der Waals surface area contributed by atoms with Gasteiger partial charge in [-0.3, -0.25) is 0 Å². The normalized spacial score (nSPS) is 12.8. The van der Waals surface area contributed by atoms with Crippen molar-refractivity contribution in [2.75, 3.05) is 11.5 Å². The molecule has 1 unspecified atom stereocenters. The van der Waals surface area contributed by atoms with Crippen LogP contribution in [0.5, 0.6) is 0 Å². The first-order valence-corrected chi connectivity index (χ1v) is 5.73. The number of hydrogen-bond donors (Lipinski definition) is 2. The minimum atomic E-state index is -0.298. The molecule has 0 radical (unpaired) electrons. The van der Waals surface area contributed by atoms with Crippen LogP contribution in [0.1, 0.15) is 6.92 Å². The number of aliphatic hydroxyl groups is 1. The average Bonchev–Trinajstić information content (AvgIpc) is 2.02. The van der Waals surface area contributed by atoms with E-state index in [4.69, 9.17) is 10.8 Å². The molecule has 2 nitrogen and oxygen atoms in total. The summed E-state index contributed by atoms with van der Waals surface area (Å²) in [6.07, 6.45) is -0.298. The lowest BCUT2D eigenvalue weighted by atomic mass is 10.3. The van der Waals surface area contributed by atoms with Gasteiger partial charge in [-0.2, -0.15) is 0 Å². The summed E-state index contributed by atoms with van der Waals surface area (Å²) in [5.41, 5.74) is 6.53. The van der Waals surface area contributed by atoms with Crippen LogP contribution in [0, 0.1) is 0 Å². The average molecular weight is 262 g/mol. The summed E-state index contributed by atoms with van der Waals surface area (Å²) in [5.74, 6) is 0.672. The molecule has 0 aliphatic carbocycles. The standard InChI is InChI=1S/C9H12BrNOS/c1-6(12)5-13-9-3-2-7(10)4-8(9)11/h2-4,6,12H,5,11H2,1H3. The molecule has 0 aliphatic heterocycles. The quantitative estimate of drug-likeness (QED) is 0.650. The van der Waals surface area contributed by atoms with E-state index in [0.29, 0.717) is 5.75 Å². The maximum absolute atomic E-state index is 9.09. The predicted octanol–water partition coefficient (Wildman–Crippen LogP) is 2.50. The predicted molar refractivity (Wildman–Crippen MR) is 61.0 cm³/mol. The van der Waals surface area contributed by atoms with Gasteiger partial charge in [-0.05, 0) is 25.1 Å². The number of benzene rings is 1. The Labute approximate surface area is 90.7 Å². The lowest BCUT2D eigenvalue weighted by Crippen LogP contribution is -2.02. The molecule has 0 bridgehead atoms. The van der Waals surface area contributed by atoms with E-state index in [1.54, 1.807) is 18.7 Å². The van der Waals surface area contributed by atoms with Gasteiger partial charge >= 0.3 is 0 Å². The number of nitrogen functional groups attached to an aromatic ring is 1. The fraction of sp³-hybridized carbons (Fsp3) is 0.333. The number of anilines is 1. The zero-order chi connectivity index (χ0) is 9.84. The van der Waals surface area contributed by atoms with E-state index in [2.05, 4.69) is 15.9 Å². The van der Waals surface area contributed by atoms with Gasteiger partial charge in [0.25, 0.3) is 0 Å². The van der Waals surface area contributed by atoms with Crippen molar-refractivity contribution in [2.24, 2.45) is 0 Å². The van der Waals surface area contributed by atoms with Crippen molar-refractivity contribution < 1.29 is 5.11 Å². The highest BCUT2D eigenvalue weighted by molar-refractivity contribution is 9.10. The van der Waals surface area contributed by atoms with E-state index in [0.717, 1.165) is 15.1 Å². The van der Waals surface area contributed by atoms with Gasteiger partial charge in [0.2, 0.25) is 0 Å². The van der Waals surface area contributed by atoms with Crippen molar-refractivity contribution in [3.8, 4) is 0 Å². The first-order valence-electron chi connectivity index (χ1n) is 3.95. The van der Waals surface area contributed by atoms with E-state index in [1.165, 1.54) is 0 Å². The molecule has 13 heavy (non-hydrogen) atoms. The summed E-state index contributed by atoms with van der Waals surface area (Å²) in [6, 6.07) is 5.76. The van der Waals surface area contributed by atoms with Crippen LogP contribution in [0.2, 0.25) is 0 Å². The molecule has 0 fully saturated rings. The Morgan fingerprint density at radius 3 is 2.85 bits per heavy atom. The summed E-state index contributed by atoms with van der Waals surface area (Å²) >= 11 is 4.91. The second-order valence-corrected chi connectivity index (χ2v) is 4.82. The molecule has 0 heterocycles. The fourth-order valence-corrected chi connectivity index (χ4v) is 2.05. The molecule has 0 aliphatic rings. The number of hydrogen-bond acceptors (Lipinski definition) is 3. The van der Waals surface area contributed by atoms with Gasteiger partial charge in [0.1, 0.15) is 0 Å². The van der Waals surface area contributed by atoms with E-state index < -0.39 is 0 Å². The first kappa shape index (κ1) is 10.9. The number of thioether (sulfide) groups is 1. The second-order valence-electron chi connectivity index (χ2n) is 2.84. The highest BCUT2D eigenvalue weighted by atomic mass is 79.9. The molecular formula is C9H12BrNOS. The summed E-state index contributed by atoms with van der Waals surface area (Å²) in [4.78, 5) is 1.02. The first-order chi connectivity index (χ1) is 6.09. The van der Waals surface area contributed by atoms with Crippen molar-refractivity contribution >= 4 is 33.4 Å². The number of rotatable bonds is 3. The molecular weight excluding hydrogens is 250 g/mol. The topological polar surface area (TPSA) is 46.2 Å². The molecule has 0 saturated carbocycles. The van der Waals surface area contributed by atoms with Gasteiger partial charge in [0, 0.05) is 20.8 Å². The van der Waals surface area contributed by atoms with Crippen LogP contribution in [-0.2, 0) is 0 Å². The zero-order valence-electron chi connectivity index (χ0n) is 7.33. The molecule has 0 aromatic heterocycles. The molecule has 0 amide bonds. The molecule has 0 spiro atoms. The van der Waals surface area contributed by atoms with Gasteiger partial charge < -0.3 is 10.8 Å². The Hall–Kier alpha value is -0.190. The van der Waals surface area contributed by atoms with Gasteiger partial charge in [-0.25, -0.2) is 0 Å². The summed E-state index contributed by atoms with van der Waals surface area (Å²) in [7, 11) is 0. The second kappa shape index (κ2) is 4.88. The van der Waals surface area contributed by atoms with Crippen LogP contribution in [0.3, 0.4) is 0 Å². The largest absolute Gasteiger partial charge is 0.398 e. The third kappa shape index (κ3) is 3.58. The highest BCUT2D eigenvalue weighted by Gasteiger charge is 2.02. The molecule has 0 saturated heterocycles. The minimum absolute atomic E-state index is 0.298. The van der Waals surface area contributed by atoms with Crippen molar-refractivity contribution in [2.45, 2.75) is 17.9 Å². The van der Waals surface area contributed by atoms with Gasteiger partial charge in [0.15, 0.2) is 0 Å². The lowest BCUT2D eigenvalue weighted by molar-refractivity contribution is 0.220. The van der Waals surface area contributed by atoms with E-state index in [-0.39, 0.29) is 6.10 Å². The Balaban J connectivity index is 2.67. The van der Waals surface area contributed by atoms with Crippen molar-refractivity contribution in [1.29, 1.82) is 0 Å². The molecule has 3 N–H and O–H groups in total. The maximum atomic E-state index is 9.09. The molecule has 4 heteroatoms. The Kier molecular flexibility index (Phi) is 4.09. The van der Waals surface area contributed by atoms with E-state index >= 15 is 0 Å². The smallest absolute Gasteiger partial charge is 0.0606 e. The fourth-order valence-electron chi connectivity index (χ4n) is 0.861. The number of halogens is 1. The summed E-state index contributed by atoms with van der Waals surface area (Å²) in [6.45, 7) is 1.77. The van der Waals surface area contributed by atoms with Crippen LogP contribution >= 0.6 is 27.7 Å². The van der Waals surface area contributed by atoms with E-state index in [9.17, 15) is 0 Å². The zero-order valence-corrected chi connectivity index (χ0v) is 9.73. The maximum Gasteiger partial charge on any atom is 0.0606 e. The van der Waals surface area contributed by atoms with E-state index in [1.807, 2.05) is 18.2 Å². The number of aliphatic hydroxyl groups excluding tert-OH is 1. The molecule has 72 valence electrons. The molecule has 1 rings (SSSR count). The minimum Gasteiger partial charge on any atom is -0.398 e. The van der Waals surface area contributed by atoms with Gasteiger partial charge in [0.05, 0.1) is 6.10 Å². The molecule has 1 aromatic rings. The van der Waals surface area contributed by atoms with Gasteiger partial charge in [-0.1, -0.05) is 15.9 Å². The Bertz CT molecular complexity index is 291. The molecule has 1 aromatic carbocycles. The summed E-state index contributed by atoms with van der Waals surface area (Å²) < 4.78 is 0.978. The molecule has 1 atom stereocenters. The van der Waals surface area contributed by atoms with Crippen molar-refractivity contribution in [3.63, 3.8) is 0 Å². The van der Waals surface area contributed by atoms with Crippen molar-refractivity contribution in [1.82, 2.24) is 0 Å². The van der Waals surface area contributed by atoms with Gasteiger partial charge in [-0.15, -0.1) is 11.8 Å². The lowest BCUT2D eigenvalue weighted by Gasteiger charge is -2.06. The SMILES string of the molecule is CC(O)CSc1ccc(Br)cc1N. The van der Waals surface area contributed by atoms with Crippen LogP contribution < -0.4 is 5.73 Å². The van der Waals surface area contributed by atoms with Crippen LogP contribution in [0.15, 0.2) is 27.6 Å². The third-order valence-electron chi connectivity index (χ3n) is 1.45. The third-order valence-corrected chi connectivity index (χ3v) is 3.28. The number of nitrogens with two attached hydrogens (primary N) is 1. The van der Waals surface area contributed by atoms with Crippen LogP contribution in [0.25, 0.3) is 0 Å². The monoisotopic (exact) mass is 261 g/mol.